The van der Waals surface area contributed by atoms with Crippen molar-refractivity contribution < 1.29 is 0 Å². The maximum Gasteiger partial charge on any atom is 0.0169 e. The summed E-state index contributed by atoms with van der Waals surface area (Å²) in [5.41, 5.74) is 0. The van der Waals surface area contributed by atoms with Gasteiger partial charge in [-0.2, -0.15) is 0 Å². The van der Waals surface area contributed by atoms with E-state index in [-0.39, 0.29) is 0 Å². The van der Waals surface area contributed by atoms with E-state index in [4.69, 9.17) is 0 Å². The molecule has 15 heavy (non-hydrogen) atoms. The van der Waals surface area contributed by atoms with E-state index >= 15 is 0 Å². The standard InChI is InChI=1S/C13H26N2/c1-11-8-9-15(10-12(2)14-11)13-6-4-3-5-7-13/h11-14H,3-10H2,1-2H3. The van der Waals surface area contributed by atoms with Crippen LogP contribution in [0.15, 0.2) is 0 Å². The molecule has 2 heteroatoms. The lowest BCUT2D eigenvalue weighted by atomic mass is 9.94. The fourth-order valence-electron chi connectivity index (χ4n) is 3.20. The minimum atomic E-state index is 0.671. The van der Waals surface area contributed by atoms with Gasteiger partial charge in [-0.15, -0.1) is 0 Å². The predicted molar refractivity (Wildman–Crippen MR) is 65.1 cm³/mol. The van der Waals surface area contributed by atoms with Crippen LogP contribution in [0.25, 0.3) is 0 Å². The van der Waals surface area contributed by atoms with E-state index in [0.717, 1.165) is 6.04 Å². The first-order valence-electron chi connectivity index (χ1n) is 6.76. The zero-order chi connectivity index (χ0) is 10.7. The van der Waals surface area contributed by atoms with Gasteiger partial charge in [-0.1, -0.05) is 19.3 Å². The third-order valence-corrected chi connectivity index (χ3v) is 4.02. The molecule has 0 aromatic carbocycles. The van der Waals surface area contributed by atoms with Gasteiger partial charge in [0.1, 0.15) is 0 Å². The molecule has 0 radical (unpaired) electrons. The first kappa shape index (κ1) is 11.4. The van der Waals surface area contributed by atoms with E-state index in [9.17, 15) is 0 Å². The molecule has 0 aromatic heterocycles. The summed E-state index contributed by atoms with van der Waals surface area (Å²) in [6.07, 6.45) is 8.59. The number of nitrogens with one attached hydrogen (secondary N) is 1. The van der Waals surface area contributed by atoms with Crippen LogP contribution in [0.4, 0.5) is 0 Å². The van der Waals surface area contributed by atoms with Crippen LogP contribution in [-0.4, -0.2) is 36.1 Å². The van der Waals surface area contributed by atoms with Crippen molar-refractivity contribution in [1.82, 2.24) is 10.2 Å². The second kappa shape index (κ2) is 5.31. The molecule has 2 fully saturated rings. The highest BCUT2D eigenvalue weighted by atomic mass is 15.2. The highest BCUT2D eigenvalue weighted by Crippen LogP contribution is 2.23. The number of hydrogen-bond donors (Lipinski definition) is 1. The molecule has 1 saturated heterocycles. The SMILES string of the molecule is CC1CCN(C2CCCCC2)CC(C)N1. The summed E-state index contributed by atoms with van der Waals surface area (Å²) in [7, 11) is 0. The fraction of sp³-hybridized carbons (Fsp3) is 1.00. The molecule has 2 atom stereocenters. The van der Waals surface area contributed by atoms with Crippen LogP contribution in [0.5, 0.6) is 0 Å². The monoisotopic (exact) mass is 210 g/mol. The summed E-state index contributed by atoms with van der Waals surface area (Å²) in [6, 6.07) is 2.27. The molecule has 88 valence electrons. The second-order valence-corrected chi connectivity index (χ2v) is 5.54. The summed E-state index contributed by atoms with van der Waals surface area (Å²) >= 11 is 0. The van der Waals surface area contributed by atoms with Gasteiger partial charge in [-0.3, -0.25) is 4.90 Å². The molecular weight excluding hydrogens is 184 g/mol. The normalized spacial score (nSPS) is 36.4. The molecule has 2 rings (SSSR count). The number of hydrogen-bond acceptors (Lipinski definition) is 2. The van der Waals surface area contributed by atoms with Gasteiger partial charge >= 0.3 is 0 Å². The highest BCUT2D eigenvalue weighted by Gasteiger charge is 2.25. The minimum absolute atomic E-state index is 0.671. The van der Waals surface area contributed by atoms with Gasteiger partial charge in [0.2, 0.25) is 0 Å². The zero-order valence-electron chi connectivity index (χ0n) is 10.3. The summed E-state index contributed by atoms with van der Waals surface area (Å²) in [6.45, 7) is 7.22. The Kier molecular flexibility index (Phi) is 4.04. The Labute approximate surface area is 94.4 Å². The Morgan fingerprint density at radius 3 is 2.40 bits per heavy atom. The molecule has 0 aromatic rings. The van der Waals surface area contributed by atoms with Gasteiger partial charge < -0.3 is 5.32 Å². The van der Waals surface area contributed by atoms with E-state index in [1.54, 1.807) is 0 Å². The Morgan fingerprint density at radius 2 is 1.67 bits per heavy atom. The van der Waals surface area contributed by atoms with Crippen molar-refractivity contribution in [3.8, 4) is 0 Å². The summed E-state index contributed by atoms with van der Waals surface area (Å²) < 4.78 is 0. The maximum atomic E-state index is 3.67. The molecule has 1 saturated carbocycles. The van der Waals surface area contributed by atoms with Crippen LogP contribution in [0, 0.1) is 0 Å². The Bertz CT molecular complexity index is 187. The van der Waals surface area contributed by atoms with Crippen molar-refractivity contribution >= 4 is 0 Å². The predicted octanol–water partition coefficient (Wildman–Crippen LogP) is 2.39. The molecule has 1 aliphatic heterocycles. The average Bonchev–Trinajstić information content (AvgIpc) is 2.41. The lowest BCUT2D eigenvalue weighted by molar-refractivity contribution is 0.155. The lowest BCUT2D eigenvalue weighted by Crippen LogP contribution is -2.42. The number of rotatable bonds is 1. The van der Waals surface area contributed by atoms with Crippen molar-refractivity contribution in [3.63, 3.8) is 0 Å². The van der Waals surface area contributed by atoms with E-state index in [2.05, 4.69) is 24.1 Å². The number of nitrogens with zero attached hydrogens (tertiary/aromatic N) is 1. The van der Waals surface area contributed by atoms with Crippen molar-refractivity contribution in [2.75, 3.05) is 13.1 Å². The van der Waals surface area contributed by atoms with Crippen LogP contribution in [0.1, 0.15) is 52.4 Å². The van der Waals surface area contributed by atoms with Gasteiger partial charge in [0.25, 0.3) is 0 Å². The largest absolute Gasteiger partial charge is 0.310 e. The van der Waals surface area contributed by atoms with Crippen LogP contribution >= 0.6 is 0 Å². The molecule has 0 amide bonds. The van der Waals surface area contributed by atoms with Crippen molar-refractivity contribution in [3.05, 3.63) is 0 Å². The zero-order valence-corrected chi connectivity index (χ0v) is 10.3. The molecule has 1 heterocycles. The molecule has 2 aliphatic rings. The van der Waals surface area contributed by atoms with Gasteiger partial charge in [-0.05, 0) is 39.7 Å². The Morgan fingerprint density at radius 1 is 0.933 bits per heavy atom. The van der Waals surface area contributed by atoms with Crippen molar-refractivity contribution in [2.45, 2.75) is 70.5 Å². The van der Waals surface area contributed by atoms with Gasteiger partial charge in [-0.25, -0.2) is 0 Å². The van der Waals surface area contributed by atoms with E-state index in [1.807, 2.05) is 0 Å². The van der Waals surface area contributed by atoms with Crippen molar-refractivity contribution in [1.29, 1.82) is 0 Å². The third-order valence-electron chi connectivity index (χ3n) is 4.02. The molecule has 1 aliphatic carbocycles. The van der Waals surface area contributed by atoms with Crippen LogP contribution < -0.4 is 5.32 Å². The molecule has 1 N–H and O–H groups in total. The minimum Gasteiger partial charge on any atom is -0.310 e. The topological polar surface area (TPSA) is 15.3 Å². The maximum absolute atomic E-state index is 3.67. The van der Waals surface area contributed by atoms with Crippen LogP contribution in [0.2, 0.25) is 0 Å². The quantitative estimate of drug-likeness (QED) is 0.715. The molecule has 0 bridgehead atoms. The van der Waals surface area contributed by atoms with Gasteiger partial charge in [0.05, 0.1) is 0 Å². The summed E-state index contributed by atoms with van der Waals surface area (Å²) in [5.74, 6) is 0. The van der Waals surface area contributed by atoms with Crippen LogP contribution in [-0.2, 0) is 0 Å². The Balaban J connectivity index is 1.89. The van der Waals surface area contributed by atoms with E-state index in [0.29, 0.717) is 12.1 Å². The highest BCUT2D eigenvalue weighted by molar-refractivity contribution is 4.83. The molecule has 2 nitrogen and oxygen atoms in total. The second-order valence-electron chi connectivity index (χ2n) is 5.54. The van der Waals surface area contributed by atoms with Gasteiger partial charge in [0.15, 0.2) is 0 Å². The fourth-order valence-corrected chi connectivity index (χ4v) is 3.20. The lowest BCUT2D eigenvalue weighted by Gasteiger charge is -2.34. The van der Waals surface area contributed by atoms with E-state index in [1.165, 1.54) is 51.6 Å². The van der Waals surface area contributed by atoms with E-state index < -0.39 is 0 Å². The summed E-state index contributed by atoms with van der Waals surface area (Å²) in [4.78, 5) is 2.75. The molecular formula is C13H26N2. The average molecular weight is 210 g/mol. The first-order valence-corrected chi connectivity index (χ1v) is 6.76. The summed E-state index contributed by atoms with van der Waals surface area (Å²) in [5, 5.41) is 3.67. The molecule has 2 unspecified atom stereocenters. The van der Waals surface area contributed by atoms with Crippen molar-refractivity contribution in [2.24, 2.45) is 0 Å². The van der Waals surface area contributed by atoms with Gasteiger partial charge in [0, 0.05) is 24.7 Å². The van der Waals surface area contributed by atoms with Crippen LogP contribution in [0.3, 0.4) is 0 Å². The molecule has 0 spiro atoms. The Hall–Kier alpha value is -0.0800. The third kappa shape index (κ3) is 3.18. The smallest absolute Gasteiger partial charge is 0.0169 e. The first-order chi connectivity index (χ1) is 7.25.